The molecule has 9 nitrogen and oxygen atoms in total. The maximum Gasteiger partial charge on any atom is 0.418 e. The summed E-state index contributed by atoms with van der Waals surface area (Å²) < 4.78 is 51.1. The summed E-state index contributed by atoms with van der Waals surface area (Å²) in [4.78, 5) is 36.9. The predicted molar refractivity (Wildman–Crippen MR) is 151 cm³/mol. The molecule has 3 amide bonds. The number of carbonyl (C=O) groups is 3. The van der Waals surface area contributed by atoms with Crippen LogP contribution < -0.4 is 25.5 Å². The molecule has 0 spiro atoms. The van der Waals surface area contributed by atoms with Gasteiger partial charge in [0, 0.05) is 5.69 Å². The van der Waals surface area contributed by atoms with Crippen molar-refractivity contribution < 1.29 is 37.0 Å². The van der Waals surface area contributed by atoms with E-state index in [1.54, 1.807) is 39.0 Å². The molecule has 0 saturated carbocycles. The minimum Gasteiger partial charge on any atom is -0.490 e. The normalized spacial score (nSPS) is 11.2. The largest absolute Gasteiger partial charge is 0.490 e. The topological polar surface area (TPSA) is 118 Å². The van der Waals surface area contributed by atoms with Crippen molar-refractivity contribution in [1.82, 2.24) is 5.43 Å². The van der Waals surface area contributed by atoms with Gasteiger partial charge in [-0.3, -0.25) is 14.4 Å². The lowest BCUT2D eigenvalue weighted by Gasteiger charge is -2.16. The highest BCUT2D eigenvalue weighted by molar-refractivity contribution is 9.10. The number of para-hydroxylation sites is 2. The number of hydrogen-bond donors (Lipinski definition) is 3. The number of hydrazone groups is 1. The maximum absolute atomic E-state index is 13.2. The third-order valence-corrected chi connectivity index (χ3v) is 6.08. The summed E-state index contributed by atoms with van der Waals surface area (Å²) >= 11 is 3.32. The maximum atomic E-state index is 13.2. The molecule has 0 bridgehead atoms. The first-order chi connectivity index (χ1) is 19.4. The van der Waals surface area contributed by atoms with E-state index in [9.17, 15) is 27.6 Å². The van der Waals surface area contributed by atoms with Crippen molar-refractivity contribution in [3.63, 3.8) is 0 Å². The Balaban J connectivity index is 1.65. The monoisotopic (exact) mass is 634 g/mol. The molecular weight excluding hydrogens is 609 g/mol. The van der Waals surface area contributed by atoms with Gasteiger partial charge < -0.3 is 20.1 Å². The molecule has 0 fully saturated rings. The molecule has 0 heterocycles. The Hall–Kier alpha value is -4.39. The molecule has 0 atom stereocenters. The quantitative estimate of drug-likeness (QED) is 0.161. The van der Waals surface area contributed by atoms with Crippen LogP contribution in [0.3, 0.4) is 0 Å². The highest BCUT2D eigenvalue weighted by atomic mass is 79.9. The molecule has 13 heteroatoms. The fourth-order valence-corrected chi connectivity index (χ4v) is 4.20. The molecule has 0 saturated heterocycles. The van der Waals surface area contributed by atoms with Crippen molar-refractivity contribution in [2.75, 3.05) is 23.8 Å². The molecule has 0 aliphatic carbocycles. The van der Waals surface area contributed by atoms with Crippen LogP contribution in [0.25, 0.3) is 0 Å². The van der Waals surface area contributed by atoms with Gasteiger partial charge in [0.15, 0.2) is 18.1 Å². The van der Waals surface area contributed by atoms with Gasteiger partial charge in [0.1, 0.15) is 0 Å². The molecule has 41 heavy (non-hydrogen) atoms. The minimum atomic E-state index is -4.64. The summed E-state index contributed by atoms with van der Waals surface area (Å²) in [5, 5.41) is 8.58. The second-order valence-corrected chi connectivity index (χ2v) is 9.42. The van der Waals surface area contributed by atoms with Crippen LogP contribution in [0.1, 0.15) is 29.2 Å². The summed E-state index contributed by atoms with van der Waals surface area (Å²) in [5.41, 5.74) is 3.35. The standard InChI is InChI=1S/C28H26BrF3N4O5/c1-4-40-22-13-18(14-33-36-27(39)26(38)35-24-16(2)8-7-9-17(24)3)12-20(29)25(22)41-15-23(37)34-21-11-6-5-10-19(21)28(30,31)32/h5-14H,4,15H2,1-3H3,(H,34,37)(H,35,38)(H,36,39)/b33-14-. The number of nitrogens with one attached hydrogen (secondary N) is 3. The molecule has 3 aromatic carbocycles. The Morgan fingerprint density at radius 2 is 1.63 bits per heavy atom. The second-order valence-electron chi connectivity index (χ2n) is 8.56. The average Bonchev–Trinajstić information content (AvgIpc) is 2.90. The minimum absolute atomic E-state index is 0.125. The molecule has 0 unspecified atom stereocenters. The average molecular weight is 635 g/mol. The number of benzene rings is 3. The fraction of sp³-hybridized carbons (Fsp3) is 0.214. The van der Waals surface area contributed by atoms with Gasteiger partial charge in [-0.1, -0.05) is 30.3 Å². The summed E-state index contributed by atoms with van der Waals surface area (Å²) in [7, 11) is 0. The van der Waals surface area contributed by atoms with E-state index in [0.29, 0.717) is 15.7 Å². The van der Waals surface area contributed by atoms with E-state index in [1.807, 2.05) is 6.07 Å². The summed E-state index contributed by atoms with van der Waals surface area (Å²) in [6.07, 6.45) is -3.38. The van der Waals surface area contributed by atoms with Gasteiger partial charge in [-0.15, -0.1) is 0 Å². The lowest BCUT2D eigenvalue weighted by atomic mass is 10.1. The molecule has 3 aromatic rings. The zero-order valence-electron chi connectivity index (χ0n) is 22.2. The fourth-order valence-electron chi connectivity index (χ4n) is 3.63. The Kier molecular flexibility index (Phi) is 10.5. The van der Waals surface area contributed by atoms with Crippen LogP contribution >= 0.6 is 15.9 Å². The molecule has 216 valence electrons. The number of nitrogens with zero attached hydrogens (tertiary/aromatic N) is 1. The number of alkyl halides is 3. The Morgan fingerprint density at radius 1 is 0.951 bits per heavy atom. The van der Waals surface area contributed by atoms with E-state index in [4.69, 9.17) is 9.47 Å². The first-order valence-electron chi connectivity index (χ1n) is 12.2. The third-order valence-electron chi connectivity index (χ3n) is 5.49. The number of halogens is 4. The predicted octanol–water partition coefficient (Wildman–Crippen LogP) is 5.59. The Bertz CT molecular complexity index is 1460. The van der Waals surface area contributed by atoms with Gasteiger partial charge in [0.05, 0.1) is 28.5 Å². The number of ether oxygens (including phenoxy) is 2. The third kappa shape index (κ3) is 8.55. The number of carbonyl (C=O) groups excluding carboxylic acids is 3. The highest BCUT2D eigenvalue weighted by Gasteiger charge is 2.33. The molecule has 3 rings (SSSR count). The molecule has 0 radical (unpaired) electrons. The van der Waals surface area contributed by atoms with Gasteiger partial charge in [0.2, 0.25) is 0 Å². The Morgan fingerprint density at radius 3 is 2.29 bits per heavy atom. The van der Waals surface area contributed by atoms with Crippen molar-refractivity contribution in [2.24, 2.45) is 5.10 Å². The molecule has 0 aromatic heterocycles. The van der Waals surface area contributed by atoms with Crippen LogP contribution in [0.15, 0.2) is 64.2 Å². The van der Waals surface area contributed by atoms with Crippen molar-refractivity contribution in [1.29, 1.82) is 0 Å². The van der Waals surface area contributed by atoms with Gasteiger partial charge in [-0.05, 0) is 77.7 Å². The first kappa shape index (κ1) is 31.1. The van der Waals surface area contributed by atoms with E-state index in [2.05, 4.69) is 37.1 Å². The first-order valence-corrected chi connectivity index (χ1v) is 13.0. The van der Waals surface area contributed by atoms with Crippen molar-refractivity contribution in [2.45, 2.75) is 26.9 Å². The van der Waals surface area contributed by atoms with Gasteiger partial charge >= 0.3 is 18.0 Å². The molecule has 0 aliphatic heterocycles. The van der Waals surface area contributed by atoms with E-state index in [1.165, 1.54) is 24.4 Å². The van der Waals surface area contributed by atoms with Crippen LogP contribution in [-0.4, -0.2) is 37.1 Å². The van der Waals surface area contributed by atoms with E-state index < -0.39 is 41.8 Å². The van der Waals surface area contributed by atoms with E-state index >= 15 is 0 Å². The van der Waals surface area contributed by atoms with Crippen LogP contribution in [-0.2, 0) is 20.6 Å². The van der Waals surface area contributed by atoms with E-state index in [-0.39, 0.29) is 18.1 Å². The van der Waals surface area contributed by atoms with Crippen LogP contribution in [0.4, 0.5) is 24.5 Å². The lowest BCUT2D eigenvalue weighted by Crippen LogP contribution is -2.32. The van der Waals surface area contributed by atoms with Crippen molar-refractivity contribution >= 4 is 51.2 Å². The number of anilines is 2. The zero-order chi connectivity index (χ0) is 30.2. The number of aryl methyl sites for hydroxylation is 2. The lowest BCUT2D eigenvalue weighted by molar-refractivity contribution is -0.137. The van der Waals surface area contributed by atoms with Crippen LogP contribution in [0.5, 0.6) is 11.5 Å². The summed E-state index contributed by atoms with van der Waals surface area (Å²) in [5.74, 6) is -2.36. The Labute approximate surface area is 242 Å². The van der Waals surface area contributed by atoms with Crippen molar-refractivity contribution in [3.8, 4) is 11.5 Å². The second kappa shape index (κ2) is 13.8. The highest BCUT2D eigenvalue weighted by Crippen LogP contribution is 2.37. The molecule has 0 aliphatic rings. The van der Waals surface area contributed by atoms with E-state index in [0.717, 1.165) is 23.3 Å². The smallest absolute Gasteiger partial charge is 0.418 e. The SMILES string of the molecule is CCOc1cc(/C=N\NC(=O)C(=O)Nc2c(C)cccc2C)cc(Br)c1OCC(=O)Nc1ccccc1C(F)(F)F. The van der Waals surface area contributed by atoms with Crippen LogP contribution in [0, 0.1) is 13.8 Å². The summed E-state index contributed by atoms with van der Waals surface area (Å²) in [6.45, 7) is 4.94. The van der Waals surface area contributed by atoms with Gasteiger partial charge in [-0.25, -0.2) is 5.43 Å². The number of hydrogen-bond acceptors (Lipinski definition) is 6. The van der Waals surface area contributed by atoms with Gasteiger partial charge in [-0.2, -0.15) is 18.3 Å². The molecular formula is C28H26BrF3N4O5. The number of rotatable bonds is 9. The number of amides is 3. The van der Waals surface area contributed by atoms with Crippen molar-refractivity contribution in [3.05, 3.63) is 81.3 Å². The zero-order valence-corrected chi connectivity index (χ0v) is 23.8. The summed E-state index contributed by atoms with van der Waals surface area (Å²) in [6, 6.07) is 13.1. The van der Waals surface area contributed by atoms with Gasteiger partial charge in [0.25, 0.3) is 5.91 Å². The molecule has 3 N–H and O–H groups in total. The van der Waals surface area contributed by atoms with Crippen LogP contribution in [0.2, 0.25) is 0 Å².